The van der Waals surface area contributed by atoms with Gasteiger partial charge in [0.1, 0.15) is 54.6 Å². The van der Waals surface area contributed by atoms with Crippen molar-refractivity contribution in [1.82, 2.24) is 4.90 Å². The molecule has 76 heavy (non-hydrogen) atoms. The van der Waals surface area contributed by atoms with E-state index in [4.69, 9.17) is 37.9 Å². The number of fused-ring (bicyclic) bond motifs is 4. The molecule has 6 rings (SSSR count). The fourth-order valence-corrected chi connectivity index (χ4v) is 12.0. The molecule has 4 N–H and O–H groups in total. The van der Waals surface area contributed by atoms with Crippen LogP contribution in [0.25, 0.3) is 0 Å². The van der Waals surface area contributed by atoms with Crippen molar-refractivity contribution in [2.45, 2.75) is 204 Å². The van der Waals surface area contributed by atoms with Crippen LogP contribution in [-0.4, -0.2) is 181 Å². The highest BCUT2D eigenvalue weighted by Gasteiger charge is 2.53. The summed E-state index contributed by atoms with van der Waals surface area (Å²) in [5.41, 5.74) is 1.18. The molecule has 1 amide bonds. The number of esters is 1. The fraction of sp³-hybridized carbons (Fsp3) is 0.776. The maximum absolute atomic E-state index is 14.5. The highest BCUT2D eigenvalue weighted by atomic mass is 16.6. The normalized spacial score (nSPS) is 40.9. The lowest BCUT2D eigenvalue weighted by molar-refractivity contribution is -0.266. The van der Waals surface area contributed by atoms with Crippen molar-refractivity contribution in [3.63, 3.8) is 0 Å². The third kappa shape index (κ3) is 15.6. The number of methoxy groups -OCH3 is 2. The number of carbonyl (C=O) groups is 5. The molecular formula is C58H89NO17. The third-order valence-corrected chi connectivity index (χ3v) is 16.9. The summed E-state index contributed by atoms with van der Waals surface area (Å²) >= 11 is 0. The summed E-state index contributed by atoms with van der Waals surface area (Å²) in [5.74, 6) is -8.40. The van der Waals surface area contributed by atoms with Crippen LogP contribution < -0.4 is 0 Å². The third-order valence-electron chi connectivity index (χ3n) is 16.9. The minimum Gasteiger partial charge on any atom is -0.460 e. The van der Waals surface area contributed by atoms with E-state index in [-0.39, 0.29) is 99.9 Å². The van der Waals surface area contributed by atoms with E-state index >= 15 is 0 Å². The van der Waals surface area contributed by atoms with Crippen molar-refractivity contribution in [2.75, 3.05) is 47.2 Å². The predicted octanol–water partition coefficient (Wildman–Crippen LogP) is 5.09. The lowest BCUT2D eigenvalue weighted by Gasteiger charge is -2.43. The first-order valence-electron chi connectivity index (χ1n) is 28.0. The van der Waals surface area contributed by atoms with Crippen LogP contribution >= 0.6 is 0 Å². The lowest BCUT2D eigenvalue weighted by Crippen LogP contribution is -2.61. The molecule has 428 valence electrons. The van der Waals surface area contributed by atoms with Crippen LogP contribution in [0, 0.1) is 35.5 Å². The van der Waals surface area contributed by atoms with Gasteiger partial charge in [-0.05, 0) is 107 Å². The number of ketones is 3. The van der Waals surface area contributed by atoms with Crippen molar-refractivity contribution < 1.29 is 82.3 Å². The van der Waals surface area contributed by atoms with E-state index in [0.29, 0.717) is 63.4 Å². The van der Waals surface area contributed by atoms with Crippen molar-refractivity contribution in [2.24, 2.45) is 35.5 Å². The Morgan fingerprint density at radius 1 is 0.789 bits per heavy atom. The first-order valence-corrected chi connectivity index (χ1v) is 28.0. The van der Waals surface area contributed by atoms with Crippen molar-refractivity contribution in [1.29, 1.82) is 0 Å². The van der Waals surface area contributed by atoms with Gasteiger partial charge in [0, 0.05) is 51.4 Å². The average Bonchev–Trinajstić information content (AvgIpc) is 3.99. The summed E-state index contributed by atoms with van der Waals surface area (Å²) in [6.07, 6.45) is 8.36. The zero-order valence-electron chi connectivity index (χ0n) is 46.4. The minimum absolute atomic E-state index is 0.0290. The van der Waals surface area contributed by atoms with E-state index in [2.05, 4.69) is 0 Å². The van der Waals surface area contributed by atoms with Gasteiger partial charge in [0.05, 0.1) is 50.8 Å². The van der Waals surface area contributed by atoms with E-state index in [0.717, 1.165) is 5.57 Å². The molecule has 4 saturated heterocycles. The van der Waals surface area contributed by atoms with Gasteiger partial charge in [-0.3, -0.25) is 19.2 Å². The summed E-state index contributed by atoms with van der Waals surface area (Å²) in [5, 5.41) is 44.5. The molecule has 5 aliphatic heterocycles. The number of ether oxygens (including phenoxy) is 8. The van der Waals surface area contributed by atoms with Gasteiger partial charge in [0.2, 0.25) is 5.79 Å². The summed E-state index contributed by atoms with van der Waals surface area (Å²) in [6, 6.07) is -1.18. The highest BCUT2D eigenvalue weighted by Crippen LogP contribution is 2.38. The Bertz CT molecular complexity index is 2090. The number of hydrogen-bond acceptors (Lipinski definition) is 17. The predicted molar refractivity (Wildman–Crippen MR) is 279 cm³/mol. The van der Waals surface area contributed by atoms with Crippen LogP contribution in [0.3, 0.4) is 0 Å². The Hall–Kier alpha value is -3.53. The molecule has 1 aliphatic carbocycles. The second-order valence-corrected chi connectivity index (χ2v) is 22.8. The van der Waals surface area contributed by atoms with Crippen LogP contribution in [0.5, 0.6) is 0 Å². The Morgan fingerprint density at radius 3 is 2.26 bits per heavy atom. The van der Waals surface area contributed by atoms with Crippen LogP contribution in [-0.2, 0) is 61.9 Å². The lowest BCUT2D eigenvalue weighted by atomic mass is 9.78. The van der Waals surface area contributed by atoms with E-state index in [1.807, 2.05) is 51.2 Å². The molecule has 0 aromatic carbocycles. The van der Waals surface area contributed by atoms with Crippen LogP contribution in [0.4, 0.5) is 0 Å². The van der Waals surface area contributed by atoms with Gasteiger partial charge >= 0.3 is 5.97 Å². The summed E-state index contributed by atoms with van der Waals surface area (Å²) in [6.45, 7) is 13.4. The van der Waals surface area contributed by atoms with Gasteiger partial charge < -0.3 is 63.2 Å². The maximum atomic E-state index is 14.5. The monoisotopic (exact) mass is 1070 g/mol. The van der Waals surface area contributed by atoms with Crippen molar-refractivity contribution >= 4 is 29.2 Å². The van der Waals surface area contributed by atoms with Crippen LogP contribution in [0.1, 0.15) is 126 Å². The number of amides is 1. The number of allylic oxidation sites excluding steroid dienone is 6. The summed E-state index contributed by atoms with van der Waals surface area (Å²) < 4.78 is 47.8. The molecule has 18 nitrogen and oxygen atoms in total. The molecule has 5 heterocycles. The number of carbonyl (C=O) groups excluding carboxylic acids is 5. The first kappa shape index (κ1) is 61.7. The van der Waals surface area contributed by atoms with E-state index in [9.17, 15) is 44.4 Å². The molecule has 1 saturated carbocycles. The Labute approximate surface area is 449 Å². The molecule has 0 aromatic heterocycles. The minimum atomic E-state index is -2.51. The summed E-state index contributed by atoms with van der Waals surface area (Å²) in [4.78, 5) is 72.8. The second kappa shape index (κ2) is 28.6. The zero-order valence-corrected chi connectivity index (χ0v) is 46.4. The maximum Gasteiger partial charge on any atom is 0.329 e. The number of aliphatic hydroxyl groups excluding tert-OH is 3. The van der Waals surface area contributed by atoms with Gasteiger partial charge in [-0.1, -0.05) is 71.1 Å². The second-order valence-electron chi connectivity index (χ2n) is 22.8. The SMILES string of the molecule is CO[C@@H]1C[C@H](C[C@@H](C)[C@@H]2CC(=O)[C@H](C)/C=C(\C)[C@@H](O)[C@@H](OC)C(=O)[C@H](C)C[C@H](C)/C=C/C=CC=C(C)[C@H](OCCO[C@@H]3CO[C@H]4[C@@H]3OC[C@H]4O)C[C@@H]3CC[C@@H](C)[C@@](O)(O3)C(=O)C(=O)N3CCCC[C@H]3C(=O)O2)CC[C@H]1O. The number of aliphatic hydroxyl groups is 4. The Balaban J connectivity index is 1.28. The number of Topliss-reactive ketones (excluding diaryl/α,β-unsaturated/α-hetero) is 3. The topological polar surface area (TPSA) is 243 Å². The number of hydrogen-bond donors (Lipinski definition) is 4. The zero-order chi connectivity index (χ0) is 55.4. The fourth-order valence-electron chi connectivity index (χ4n) is 12.0. The molecule has 2 bridgehead atoms. The number of rotatable bonds is 10. The largest absolute Gasteiger partial charge is 0.460 e. The average molecular weight is 1070 g/mol. The van der Waals surface area contributed by atoms with Gasteiger partial charge in [0.25, 0.3) is 11.7 Å². The standard InChI is InChI=1S/C58H89NO17/c1-33-15-11-10-12-16-34(2)46(71-23-24-72-49-32-74-52-45(62)31-73-53(49)52)29-41-20-18-39(7)58(68,76-41)55(65)56(66)59-22-14-13-17-42(59)57(67)75-47(36(4)27-40-19-21-43(60)48(28-40)69-8)30-44(61)35(3)26-38(6)51(64)54(70-9)50(63)37(5)25-33/h10-12,15-16,26,33,35-37,39-43,45-49,51-54,60,62,64,68H,13-14,17-25,27-32H2,1-9H3/b12-10?,15-11+,34-16?,38-26+/t33-,35-,36-,37-,39-,40+,41+,42+,43-,45-,46-,47+,48-,49-,51-,52-,53-,54+,58-/m1/s1. The van der Waals surface area contributed by atoms with Gasteiger partial charge in [0.15, 0.2) is 5.78 Å². The quantitative estimate of drug-likeness (QED) is 0.0963. The Morgan fingerprint density at radius 2 is 1.53 bits per heavy atom. The molecule has 6 aliphatic rings. The van der Waals surface area contributed by atoms with Crippen LogP contribution in [0.2, 0.25) is 0 Å². The molecule has 0 aromatic rings. The molecule has 0 radical (unpaired) electrons. The van der Waals surface area contributed by atoms with E-state index < -0.39 is 96.1 Å². The van der Waals surface area contributed by atoms with E-state index in [1.54, 1.807) is 40.9 Å². The smallest absolute Gasteiger partial charge is 0.329 e. The molecule has 0 spiro atoms. The number of cyclic esters (lactones) is 1. The summed E-state index contributed by atoms with van der Waals surface area (Å²) in [7, 11) is 2.93. The van der Waals surface area contributed by atoms with Gasteiger partial charge in [-0.2, -0.15) is 0 Å². The first-order chi connectivity index (χ1) is 36.2. The number of nitrogens with zero attached hydrogens (tertiary/aromatic N) is 1. The Kier molecular flexibility index (Phi) is 23.2. The molecule has 5 fully saturated rings. The highest BCUT2D eigenvalue weighted by molar-refractivity contribution is 6.39. The van der Waals surface area contributed by atoms with Gasteiger partial charge in [-0.15, -0.1) is 0 Å². The van der Waals surface area contributed by atoms with Crippen molar-refractivity contribution in [3.8, 4) is 0 Å². The van der Waals surface area contributed by atoms with Crippen LogP contribution in [0.15, 0.2) is 47.6 Å². The number of piperidine rings is 1. The van der Waals surface area contributed by atoms with Crippen molar-refractivity contribution in [3.05, 3.63) is 47.6 Å². The molecular weight excluding hydrogens is 983 g/mol. The van der Waals surface area contributed by atoms with E-state index in [1.165, 1.54) is 12.0 Å². The van der Waals surface area contributed by atoms with Gasteiger partial charge in [-0.25, -0.2) is 4.79 Å². The molecule has 19 atom stereocenters. The molecule has 18 heteroatoms. The molecule has 0 unspecified atom stereocenters.